The number of amides is 6. The van der Waals surface area contributed by atoms with E-state index in [4.69, 9.17) is 10.8 Å². The van der Waals surface area contributed by atoms with Crippen LogP contribution in [0.25, 0.3) is 0 Å². The predicted molar refractivity (Wildman–Crippen MR) is 166 cm³/mol. The molecule has 0 aromatic carbocycles. The summed E-state index contributed by atoms with van der Waals surface area (Å²) in [4.78, 5) is 86.7. The first-order valence-corrected chi connectivity index (χ1v) is 15.5. The van der Waals surface area contributed by atoms with Crippen LogP contribution in [-0.2, 0) is 33.6 Å². The van der Waals surface area contributed by atoms with Crippen molar-refractivity contribution in [1.82, 2.24) is 26.6 Å². The Morgan fingerprint density at radius 3 is 1.76 bits per heavy atom. The van der Waals surface area contributed by atoms with Crippen molar-refractivity contribution in [3.8, 4) is 0 Å². The van der Waals surface area contributed by atoms with Crippen LogP contribution in [0.3, 0.4) is 0 Å². The molecule has 0 aromatic rings. The summed E-state index contributed by atoms with van der Waals surface area (Å²) in [5.74, 6) is -5.35. The number of nitrogens with one attached hydrogen (secondary N) is 5. The zero-order valence-corrected chi connectivity index (χ0v) is 27.6. The molecule has 6 amide bonds. The number of carboxylic acid groups (broad SMARTS) is 1. The average Bonchev–Trinajstić information content (AvgIpc) is 2.89. The number of aliphatic hydroxyl groups excluding tert-OH is 1. The highest BCUT2D eigenvalue weighted by Crippen LogP contribution is 2.13. The number of nitrogens with two attached hydrogens (primary N) is 1. The standard InChI is InChI=1S/C30H54N6O9/c1-8-32-30(45)27(18(6)7)36-25(40)15-22(37)19(12-16(2)3)34-29(44)21(14-23(31)38)35-28(43)20(13-17(4)5)33-24(39)10-9-11-26(41)42/h16-22,27,37H,8-15H2,1-7H3,(H2,31,38)(H,32,45)(H,33,39)(H,34,44)(H,35,43)(H,36,40)(H,41,42)/t19-,20-,21-,22?,27-/m0/s1. The van der Waals surface area contributed by atoms with Gasteiger partial charge < -0.3 is 42.5 Å². The van der Waals surface area contributed by atoms with Gasteiger partial charge in [0.2, 0.25) is 35.4 Å². The van der Waals surface area contributed by atoms with Crippen molar-refractivity contribution in [3.05, 3.63) is 0 Å². The van der Waals surface area contributed by atoms with E-state index in [-0.39, 0.29) is 55.8 Å². The predicted octanol–water partition coefficient (Wildman–Crippen LogP) is -0.309. The maximum Gasteiger partial charge on any atom is 0.303 e. The van der Waals surface area contributed by atoms with Crippen LogP contribution in [0.2, 0.25) is 0 Å². The molecule has 0 aliphatic carbocycles. The smallest absolute Gasteiger partial charge is 0.303 e. The molecule has 0 aliphatic heterocycles. The van der Waals surface area contributed by atoms with Crippen LogP contribution in [0.5, 0.6) is 0 Å². The van der Waals surface area contributed by atoms with Crippen LogP contribution in [0.1, 0.15) is 93.4 Å². The first-order valence-electron chi connectivity index (χ1n) is 15.5. The van der Waals surface area contributed by atoms with E-state index in [1.807, 2.05) is 27.7 Å². The molecule has 0 saturated heterocycles. The van der Waals surface area contributed by atoms with Crippen LogP contribution in [0.4, 0.5) is 0 Å². The summed E-state index contributed by atoms with van der Waals surface area (Å²) >= 11 is 0. The fourth-order valence-electron chi connectivity index (χ4n) is 4.54. The summed E-state index contributed by atoms with van der Waals surface area (Å²) in [6, 6.07) is -4.32. The van der Waals surface area contributed by atoms with Crippen LogP contribution < -0.4 is 32.3 Å². The van der Waals surface area contributed by atoms with Gasteiger partial charge in [-0.05, 0) is 43.9 Å². The van der Waals surface area contributed by atoms with Gasteiger partial charge >= 0.3 is 5.97 Å². The van der Waals surface area contributed by atoms with E-state index in [0.29, 0.717) is 6.54 Å². The number of carbonyl (C=O) groups excluding carboxylic acids is 6. The third-order valence-electron chi connectivity index (χ3n) is 6.72. The molecule has 0 bridgehead atoms. The summed E-state index contributed by atoms with van der Waals surface area (Å²) in [7, 11) is 0. The quantitative estimate of drug-likeness (QED) is 0.0771. The molecule has 0 heterocycles. The molecule has 15 nitrogen and oxygen atoms in total. The normalized spacial score (nSPS) is 14.6. The van der Waals surface area contributed by atoms with Crippen molar-refractivity contribution in [1.29, 1.82) is 0 Å². The maximum atomic E-state index is 13.4. The Hall–Kier alpha value is -3.75. The molecule has 0 saturated carbocycles. The Balaban J connectivity index is 5.76. The van der Waals surface area contributed by atoms with Gasteiger partial charge in [0.1, 0.15) is 18.1 Å². The molecular formula is C30H54N6O9. The van der Waals surface area contributed by atoms with Gasteiger partial charge in [-0.2, -0.15) is 0 Å². The van der Waals surface area contributed by atoms with Gasteiger partial charge in [0.05, 0.1) is 25.0 Å². The van der Waals surface area contributed by atoms with Crippen molar-refractivity contribution in [2.24, 2.45) is 23.5 Å². The summed E-state index contributed by atoms with van der Waals surface area (Å²) in [5.41, 5.74) is 5.35. The van der Waals surface area contributed by atoms with E-state index < -0.39 is 78.6 Å². The first kappa shape index (κ1) is 41.2. The van der Waals surface area contributed by atoms with E-state index in [1.54, 1.807) is 20.8 Å². The minimum Gasteiger partial charge on any atom is -0.481 e. The topological polar surface area (TPSA) is 246 Å². The molecule has 0 aliphatic rings. The number of aliphatic carboxylic acids is 1. The van der Waals surface area contributed by atoms with Gasteiger partial charge in [-0.25, -0.2) is 0 Å². The molecule has 258 valence electrons. The highest BCUT2D eigenvalue weighted by molar-refractivity contribution is 5.94. The van der Waals surface area contributed by atoms with E-state index in [0.717, 1.165) is 0 Å². The Labute approximate surface area is 265 Å². The molecule has 0 radical (unpaired) electrons. The molecule has 9 N–H and O–H groups in total. The number of likely N-dealkylation sites (N-methyl/N-ethyl adjacent to an activating group) is 1. The lowest BCUT2D eigenvalue weighted by Gasteiger charge is -2.29. The maximum absolute atomic E-state index is 13.4. The summed E-state index contributed by atoms with van der Waals surface area (Å²) in [5, 5.41) is 32.7. The van der Waals surface area contributed by atoms with Crippen LogP contribution in [-0.4, -0.2) is 88.4 Å². The number of primary amides is 1. The summed E-state index contributed by atoms with van der Waals surface area (Å²) in [6.45, 7) is 13.0. The van der Waals surface area contributed by atoms with Crippen LogP contribution in [0, 0.1) is 17.8 Å². The molecule has 45 heavy (non-hydrogen) atoms. The third-order valence-corrected chi connectivity index (χ3v) is 6.72. The van der Waals surface area contributed by atoms with E-state index in [1.165, 1.54) is 0 Å². The van der Waals surface area contributed by atoms with E-state index >= 15 is 0 Å². The molecule has 5 atom stereocenters. The van der Waals surface area contributed by atoms with E-state index in [9.17, 15) is 38.7 Å². The number of rotatable bonds is 22. The van der Waals surface area contributed by atoms with Gasteiger partial charge in [-0.15, -0.1) is 0 Å². The summed E-state index contributed by atoms with van der Waals surface area (Å²) < 4.78 is 0. The van der Waals surface area contributed by atoms with E-state index in [2.05, 4.69) is 26.6 Å². The number of carbonyl (C=O) groups is 7. The highest BCUT2D eigenvalue weighted by Gasteiger charge is 2.33. The number of carboxylic acids is 1. The number of hydrogen-bond acceptors (Lipinski definition) is 8. The average molecular weight is 643 g/mol. The highest BCUT2D eigenvalue weighted by atomic mass is 16.4. The fourth-order valence-corrected chi connectivity index (χ4v) is 4.54. The second-order valence-corrected chi connectivity index (χ2v) is 12.4. The Kier molecular flexibility index (Phi) is 19.3. The lowest BCUT2D eigenvalue weighted by atomic mass is 9.95. The first-order chi connectivity index (χ1) is 20.9. The van der Waals surface area contributed by atoms with Crippen molar-refractivity contribution >= 4 is 41.4 Å². The number of hydrogen-bond donors (Lipinski definition) is 8. The van der Waals surface area contributed by atoms with Gasteiger partial charge in [-0.1, -0.05) is 41.5 Å². The molecule has 0 rings (SSSR count). The Morgan fingerprint density at radius 2 is 1.27 bits per heavy atom. The van der Waals surface area contributed by atoms with Crippen molar-refractivity contribution in [2.45, 2.75) is 124 Å². The Bertz CT molecular complexity index is 1020. The monoisotopic (exact) mass is 642 g/mol. The Morgan fingerprint density at radius 1 is 0.689 bits per heavy atom. The van der Waals surface area contributed by atoms with Crippen LogP contribution >= 0.6 is 0 Å². The molecule has 0 spiro atoms. The lowest BCUT2D eigenvalue weighted by Crippen LogP contribution is -2.57. The zero-order chi connectivity index (χ0) is 34.9. The van der Waals surface area contributed by atoms with Gasteiger partial charge in [-0.3, -0.25) is 33.6 Å². The fraction of sp³-hybridized carbons (Fsp3) is 0.767. The van der Waals surface area contributed by atoms with Gasteiger partial charge in [0.15, 0.2) is 0 Å². The second-order valence-electron chi connectivity index (χ2n) is 12.4. The molecule has 15 heteroatoms. The van der Waals surface area contributed by atoms with Gasteiger partial charge in [0, 0.05) is 19.4 Å². The zero-order valence-electron chi connectivity index (χ0n) is 27.6. The summed E-state index contributed by atoms with van der Waals surface area (Å²) in [6.07, 6.45) is -2.21. The molecular weight excluding hydrogens is 588 g/mol. The van der Waals surface area contributed by atoms with Crippen LogP contribution in [0.15, 0.2) is 0 Å². The lowest BCUT2D eigenvalue weighted by molar-refractivity contribution is -0.137. The van der Waals surface area contributed by atoms with Crippen molar-refractivity contribution in [3.63, 3.8) is 0 Å². The van der Waals surface area contributed by atoms with Gasteiger partial charge in [0.25, 0.3) is 0 Å². The van der Waals surface area contributed by atoms with Crippen molar-refractivity contribution in [2.75, 3.05) is 6.54 Å². The SMILES string of the molecule is CCNC(=O)[C@@H](NC(=O)CC(O)[C@H](CC(C)C)NC(=O)[C@H](CC(N)=O)NC(=O)[C@H](CC(C)C)NC(=O)CCCC(=O)O)C(C)C. The molecule has 1 unspecified atom stereocenters. The minimum absolute atomic E-state index is 0.0392. The minimum atomic E-state index is -1.45. The second kappa shape index (κ2) is 21.1. The number of aliphatic hydroxyl groups is 1. The van der Waals surface area contributed by atoms with Crippen molar-refractivity contribution < 1.29 is 43.8 Å². The largest absolute Gasteiger partial charge is 0.481 e. The molecule has 0 fully saturated rings. The third kappa shape index (κ3) is 18.0. The molecule has 0 aromatic heterocycles.